The van der Waals surface area contributed by atoms with Gasteiger partial charge in [-0.3, -0.25) is 4.79 Å². The van der Waals surface area contributed by atoms with Crippen molar-refractivity contribution < 1.29 is 14.3 Å². The van der Waals surface area contributed by atoms with Crippen molar-refractivity contribution in [3.05, 3.63) is 23.8 Å². The van der Waals surface area contributed by atoms with Crippen molar-refractivity contribution >= 4 is 11.6 Å². The van der Waals surface area contributed by atoms with Crippen LogP contribution < -0.4 is 15.8 Å². The molecule has 1 aliphatic heterocycles. The Kier molecular flexibility index (Phi) is 4.27. The third kappa shape index (κ3) is 3.38. The van der Waals surface area contributed by atoms with Crippen molar-refractivity contribution in [3.63, 3.8) is 0 Å². The zero-order valence-electron chi connectivity index (χ0n) is 11.3. The summed E-state index contributed by atoms with van der Waals surface area (Å²) in [5.41, 5.74) is 6.51. The van der Waals surface area contributed by atoms with Crippen LogP contribution in [-0.4, -0.2) is 31.8 Å². The predicted molar refractivity (Wildman–Crippen MR) is 73.6 cm³/mol. The van der Waals surface area contributed by atoms with E-state index in [9.17, 15) is 4.79 Å². The van der Waals surface area contributed by atoms with Crippen molar-refractivity contribution in [3.8, 4) is 5.75 Å². The van der Waals surface area contributed by atoms with Crippen LogP contribution in [0.4, 0.5) is 5.69 Å². The third-order valence-electron chi connectivity index (χ3n) is 3.32. The summed E-state index contributed by atoms with van der Waals surface area (Å²) in [5, 5.41) is 3.26. The Balaban J connectivity index is 2.05. The first-order chi connectivity index (χ1) is 9.10. The zero-order valence-corrected chi connectivity index (χ0v) is 11.3. The van der Waals surface area contributed by atoms with Crippen LogP contribution in [0.1, 0.15) is 30.1 Å². The lowest BCUT2D eigenvalue weighted by Gasteiger charge is -2.16. The lowest BCUT2D eigenvalue weighted by molar-refractivity contribution is 0.0636. The zero-order chi connectivity index (χ0) is 13.8. The van der Waals surface area contributed by atoms with Gasteiger partial charge >= 0.3 is 0 Å². The molecule has 3 N–H and O–H groups in total. The van der Waals surface area contributed by atoms with Gasteiger partial charge in [0, 0.05) is 12.1 Å². The summed E-state index contributed by atoms with van der Waals surface area (Å²) in [6, 6.07) is 5.10. The summed E-state index contributed by atoms with van der Waals surface area (Å²) in [7, 11) is 1.60. The van der Waals surface area contributed by atoms with Crippen molar-refractivity contribution in [1.82, 2.24) is 0 Å². The van der Waals surface area contributed by atoms with Gasteiger partial charge in [0.15, 0.2) is 0 Å². The summed E-state index contributed by atoms with van der Waals surface area (Å²) < 4.78 is 11.0. The van der Waals surface area contributed by atoms with Crippen LogP contribution in [0.15, 0.2) is 18.2 Å². The fraction of sp³-hybridized carbons (Fsp3) is 0.500. The predicted octanol–water partition coefficient (Wildman–Crippen LogP) is 1.77. The highest BCUT2D eigenvalue weighted by atomic mass is 16.5. The minimum Gasteiger partial charge on any atom is -0.495 e. The van der Waals surface area contributed by atoms with E-state index in [1.165, 1.54) is 0 Å². The Morgan fingerprint density at radius 2 is 2.32 bits per heavy atom. The van der Waals surface area contributed by atoms with Gasteiger partial charge in [0.25, 0.3) is 0 Å². The van der Waals surface area contributed by atoms with E-state index in [-0.39, 0.29) is 6.10 Å². The van der Waals surface area contributed by atoms with E-state index >= 15 is 0 Å². The number of ether oxygens (including phenoxy) is 2. The lowest BCUT2D eigenvalue weighted by Crippen LogP contribution is -2.20. The van der Waals surface area contributed by atoms with Crippen molar-refractivity contribution in [2.24, 2.45) is 5.73 Å². The molecule has 1 aromatic rings. The smallest absolute Gasteiger partial charge is 0.248 e. The minimum absolute atomic E-state index is 0.206. The molecule has 1 saturated heterocycles. The van der Waals surface area contributed by atoms with Crippen LogP contribution in [-0.2, 0) is 4.74 Å². The number of hydrogen-bond donors (Lipinski definition) is 2. The van der Waals surface area contributed by atoms with Gasteiger partial charge < -0.3 is 20.5 Å². The maximum atomic E-state index is 11.2. The molecule has 1 aliphatic rings. The molecule has 1 aromatic carbocycles. The summed E-state index contributed by atoms with van der Waals surface area (Å²) in [5.74, 6) is 0.243. The molecule has 1 heterocycles. The summed E-state index contributed by atoms with van der Waals surface area (Å²) >= 11 is 0. The van der Waals surface area contributed by atoms with Crippen LogP contribution in [0, 0.1) is 0 Å². The average molecular weight is 264 g/mol. The normalized spacial score (nSPS) is 22.2. The van der Waals surface area contributed by atoms with Crippen LogP contribution in [0.2, 0.25) is 0 Å². The highest BCUT2D eigenvalue weighted by Crippen LogP contribution is 2.26. The number of methoxy groups -OCH3 is 1. The lowest BCUT2D eigenvalue weighted by atomic mass is 10.1. The molecule has 0 radical (unpaired) electrons. The first-order valence-corrected chi connectivity index (χ1v) is 6.47. The van der Waals surface area contributed by atoms with E-state index in [1.807, 2.05) is 0 Å². The van der Waals surface area contributed by atoms with Crippen LogP contribution in [0.5, 0.6) is 5.75 Å². The molecule has 1 amide bonds. The quantitative estimate of drug-likeness (QED) is 0.850. The maximum Gasteiger partial charge on any atom is 0.248 e. The second kappa shape index (κ2) is 5.93. The van der Waals surface area contributed by atoms with Gasteiger partial charge in [0.2, 0.25) is 5.91 Å². The number of amides is 1. The summed E-state index contributed by atoms with van der Waals surface area (Å²) in [6.07, 6.45) is 2.67. The highest BCUT2D eigenvalue weighted by molar-refractivity contribution is 5.94. The van der Waals surface area contributed by atoms with E-state index in [2.05, 4.69) is 12.2 Å². The topological polar surface area (TPSA) is 73.6 Å². The minimum atomic E-state index is -0.448. The van der Waals surface area contributed by atoms with E-state index in [1.54, 1.807) is 25.3 Å². The molecule has 5 heteroatoms. The number of nitrogens with one attached hydrogen (secondary N) is 1. The fourth-order valence-electron chi connectivity index (χ4n) is 2.26. The molecule has 2 unspecified atom stereocenters. The molecule has 0 bridgehead atoms. The van der Waals surface area contributed by atoms with Crippen molar-refractivity contribution in [2.75, 3.05) is 19.0 Å². The first kappa shape index (κ1) is 13.7. The first-order valence-electron chi connectivity index (χ1n) is 6.47. The van der Waals surface area contributed by atoms with Crippen LogP contribution in [0.25, 0.3) is 0 Å². The van der Waals surface area contributed by atoms with Gasteiger partial charge in [-0.1, -0.05) is 0 Å². The number of carbonyl (C=O) groups is 1. The van der Waals surface area contributed by atoms with Crippen LogP contribution in [0.3, 0.4) is 0 Å². The van der Waals surface area contributed by atoms with Crippen molar-refractivity contribution in [1.29, 1.82) is 0 Å². The Labute approximate surface area is 113 Å². The molecule has 5 nitrogen and oxygen atoms in total. The average Bonchev–Trinajstić information content (AvgIpc) is 2.81. The molecule has 2 rings (SSSR count). The molecule has 104 valence electrons. The fourth-order valence-corrected chi connectivity index (χ4v) is 2.26. The van der Waals surface area contributed by atoms with E-state index < -0.39 is 5.91 Å². The summed E-state index contributed by atoms with van der Waals surface area (Å²) in [4.78, 5) is 11.2. The second-order valence-corrected chi connectivity index (χ2v) is 4.81. The van der Waals surface area contributed by atoms with E-state index in [0.29, 0.717) is 24.0 Å². The Morgan fingerprint density at radius 3 is 2.89 bits per heavy atom. The van der Waals surface area contributed by atoms with E-state index in [4.69, 9.17) is 15.2 Å². The second-order valence-electron chi connectivity index (χ2n) is 4.81. The van der Waals surface area contributed by atoms with Crippen LogP contribution >= 0.6 is 0 Å². The van der Waals surface area contributed by atoms with Gasteiger partial charge in [0.05, 0.1) is 25.0 Å². The van der Waals surface area contributed by atoms with Gasteiger partial charge in [-0.05, 0) is 38.0 Å². The molecular weight excluding hydrogens is 244 g/mol. The highest BCUT2D eigenvalue weighted by Gasteiger charge is 2.21. The standard InChI is InChI=1S/C14H20N2O3/c1-9-3-5-11(19-9)8-16-12-7-10(14(15)17)4-6-13(12)18-2/h4,6-7,9,11,16H,3,5,8H2,1-2H3,(H2,15,17). The molecule has 0 spiro atoms. The molecule has 0 saturated carbocycles. The van der Waals surface area contributed by atoms with Gasteiger partial charge in [-0.15, -0.1) is 0 Å². The summed E-state index contributed by atoms with van der Waals surface area (Å²) in [6.45, 7) is 2.78. The number of anilines is 1. The third-order valence-corrected chi connectivity index (χ3v) is 3.32. The molecule has 0 aromatic heterocycles. The molecule has 19 heavy (non-hydrogen) atoms. The number of rotatable bonds is 5. The molecular formula is C14H20N2O3. The number of carbonyl (C=O) groups excluding carboxylic acids is 1. The van der Waals surface area contributed by atoms with Gasteiger partial charge in [-0.25, -0.2) is 0 Å². The SMILES string of the molecule is COc1ccc(C(N)=O)cc1NCC1CCC(C)O1. The Hall–Kier alpha value is -1.75. The molecule has 0 aliphatic carbocycles. The largest absolute Gasteiger partial charge is 0.495 e. The van der Waals surface area contributed by atoms with Gasteiger partial charge in [0.1, 0.15) is 5.75 Å². The van der Waals surface area contributed by atoms with Crippen molar-refractivity contribution in [2.45, 2.75) is 32.0 Å². The van der Waals surface area contributed by atoms with Gasteiger partial charge in [-0.2, -0.15) is 0 Å². The Morgan fingerprint density at radius 1 is 1.53 bits per heavy atom. The Bertz CT molecular complexity index is 462. The molecule has 2 atom stereocenters. The van der Waals surface area contributed by atoms with E-state index in [0.717, 1.165) is 18.5 Å². The maximum absolute atomic E-state index is 11.2. The molecule has 1 fully saturated rings. The number of nitrogens with two attached hydrogens (primary N) is 1. The monoisotopic (exact) mass is 264 g/mol. The number of primary amides is 1. The number of hydrogen-bond acceptors (Lipinski definition) is 4. The number of benzene rings is 1.